The molecule has 0 radical (unpaired) electrons. The minimum absolute atomic E-state index is 0.124. The van der Waals surface area contributed by atoms with Crippen molar-refractivity contribution in [3.8, 4) is 11.5 Å². The van der Waals surface area contributed by atoms with Crippen LogP contribution in [-0.4, -0.2) is 63.4 Å². The smallest absolute Gasteiger partial charge is 0.257 e. The third kappa shape index (κ3) is 6.18. The Morgan fingerprint density at radius 2 is 1.82 bits per heavy atom. The summed E-state index contributed by atoms with van der Waals surface area (Å²) in [5, 5.41) is 0. The van der Waals surface area contributed by atoms with Crippen LogP contribution in [-0.2, 0) is 16.1 Å². The van der Waals surface area contributed by atoms with Crippen LogP contribution in [0.25, 0.3) is 0 Å². The van der Waals surface area contributed by atoms with E-state index < -0.39 is 0 Å². The van der Waals surface area contributed by atoms with Gasteiger partial charge in [-0.05, 0) is 49.8 Å². The largest absolute Gasteiger partial charge is 0.493 e. The first kappa shape index (κ1) is 23.4. The fourth-order valence-electron chi connectivity index (χ4n) is 4.89. The van der Waals surface area contributed by atoms with Gasteiger partial charge in [-0.15, -0.1) is 0 Å². The van der Waals surface area contributed by atoms with Gasteiger partial charge < -0.3 is 14.4 Å². The maximum atomic E-state index is 12.2. The minimum Gasteiger partial charge on any atom is -0.493 e. The van der Waals surface area contributed by atoms with Gasteiger partial charge in [-0.2, -0.15) is 0 Å². The summed E-state index contributed by atoms with van der Waals surface area (Å²) in [7, 11) is 3.16. The van der Waals surface area contributed by atoms with Crippen molar-refractivity contribution in [3.63, 3.8) is 0 Å². The molecule has 2 aliphatic rings. The molecule has 1 N–H and O–H groups in total. The molecule has 7 nitrogen and oxygen atoms in total. The molecular weight excluding hydrogens is 418 g/mol. The van der Waals surface area contributed by atoms with Gasteiger partial charge >= 0.3 is 0 Å². The molecule has 1 aliphatic heterocycles. The van der Waals surface area contributed by atoms with Crippen LogP contribution in [0.1, 0.15) is 31.2 Å². The molecule has 7 heteroatoms. The first-order chi connectivity index (χ1) is 16.2. The van der Waals surface area contributed by atoms with Crippen molar-refractivity contribution < 1.29 is 19.1 Å². The number of hydroxylamine groups is 1. The van der Waals surface area contributed by atoms with Gasteiger partial charge in [0, 0.05) is 37.4 Å². The molecule has 1 aliphatic carbocycles. The molecule has 33 heavy (non-hydrogen) atoms. The van der Waals surface area contributed by atoms with Gasteiger partial charge in [0.05, 0.1) is 26.9 Å². The van der Waals surface area contributed by atoms with Gasteiger partial charge in [0.1, 0.15) is 0 Å². The Balaban J connectivity index is 1.51. The summed E-state index contributed by atoms with van der Waals surface area (Å²) in [5.41, 5.74) is 4.84. The molecule has 4 rings (SSSR count). The molecule has 1 saturated carbocycles. The van der Waals surface area contributed by atoms with Gasteiger partial charge in [0.2, 0.25) is 0 Å². The summed E-state index contributed by atoms with van der Waals surface area (Å²) in [6, 6.07) is 16.9. The number of benzene rings is 2. The minimum atomic E-state index is -0.124. The second kappa shape index (κ2) is 11.4. The molecule has 2 aromatic carbocycles. The number of carbonyl (C=O) groups is 1. The highest BCUT2D eigenvalue weighted by Gasteiger charge is 2.29. The fourth-order valence-corrected chi connectivity index (χ4v) is 4.89. The number of hydrogen-bond acceptors (Lipinski definition) is 6. The zero-order valence-electron chi connectivity index (χ0n) is 19.7. The highest BCUT2D eigenvalue weighted by Crippen LogP contribution is 2.35. The highest BCUT2D eigenvalue weighted by molar-refractivity contribution is 5.77. The van der Waals surface area contributed by atoms with Gasteiger partial charge in [-0.25, -0.2) is 5.48 Å². The number of rotatable bonds is 9. The van der Waals surface area contributed by atoms with E-state index in [2.05, 4.69) is 51.7 Å². The van der Waals surface area contributed by atoms with E-state index in [1.54, 1.807) is 7.11 Å². The van der Waals surface area contributed by atoms with Gasteiger partial charge in [0.25, 0.3) is 5.91 Å². The summed E-state index contributed by atoms with van der Waals surface area (Å²) in [4.78, 5) is 21.7. The number of nitrogens with zero attached hydrogens (tertiary/aromatic N) is 2. The van der Waals surface area contributed by atoms with Crippen LogP contribution in [0.3, 0.4) is 0 Å². The lowest BCUT2D eigenvalue weighted by molar-refractivity contribution is -0.133. The quantitative estimate of drug-likeness (QED) is 0.587. The number of hydrogen-bond donors (Lipinski definition) is 1. The highest BCUT2D eigenvalue weighted by atomic mass is 16.6. The molecular formula is C26H35N3O4. The van der Waals surface area contributed by atoms with E-state index in [0.29, 0.717) is 6.54 Å². The van der Waals surface area contributed by atoms with Crippen molar-refractivity contribution in [3.05, 3.63) is 54.1 Å². The number of anilines is 1. The standard InChI is InChI=1S/C26H35N3O4/c1-31-24-13-12-21(17-25(24)33-23-10-6-7-11-23)28-14-15-29(19-26(30)27-32-2)22(18-28)16-20-8-4-3-5-9-20/h3-5,8-9,12-13,17,22-23H,6-7,10-11,14-16,18-19H2,1-2H3,(H,27,30). The fraction of sp³-hybridized carbons (Fsp3) is 0.500. The van der Waals surface area contributed by atoms with Crippen molar-refractivity contribution >= 4 is 11.6 Å². The molecule has 1 atom stereocenters. The zero-order valence-corrected chi connectivity index (χ0v) is 19.7. The Kier molecular flexibility index (Phi) is 8.07. The van der Waals surface area contributed by atoms with Crippen molar-refractivity contribution in [2.75, 3.05) is 45.3 Å². The summed E-state index contributed by atoms with van der Waals surface area (Å²) in [5.74, 6) is 1.48. The van der Waals surface area contributed by atoms with Gasteiger partial charge in [0.15, 0.2) is 11.5 Å². The molecule has 1 heterocycles. The van der Waals surface area contributed by atoms with Crippen molar-refractivity contribution in [1.82, 2.24) is 10.4 Å². The van der Waals surface area contributed by atoms with Crippen LogP contribution >= 0.6 is 0 Å². The van der Waals surface area contributed by atoms with E-state index in [0.717, 1.165) is 56.1 Å². The third-order valence-electron chi connectivity index (χ3n) is 6.59. The molecule has 0 bridgehead atoms. The van der Waals surface area contributed by atoms with Crippen molar-refractivity contribution in [2.45, 2.75) is 44.2 Å². The maximum absolute atomic E-state index is 12.2. The SMILES string of the molecule is CONC(=O)CN1CCN(c2ccc(OC)c(OC3CCCC3)c2)CC1Cc1ccccc1. The number of amides is 1. The van der Waals surface area contributed by atoms with Crippen LogP contribution in [0.15, 0.2) is 48.5 Å². The van der Waals surface area contributed by atoms with E-state index in [1.165, 1.54) is 25.5 Å². The molecule has 1 unspecified atom stereocenters. The Labute approximate surface area is 196 Å². The molecule has 0 spiro atoms. The predicted octanol–water partition coefficient (Wildman–Crippen LogP) is 3.43. The Bertz CT molecular complexity index is 902. The Morgan fingerprint density at radius 1 is 1.03 bits per heavy atom. The Morgan fingerprint density at radius 3 is 2.55 bits per heavy atom. The van der Waals surface area contributed by atoms with Crippen LogP contribution in [0, 0.1) is 0 Å². The van der Waals surface area contributed by atoms with E-state index in [-0.39, 0.29) is 18.1 Å². The maximum Gasteiger partial charge on any atom is 0.257 e. The van der Waals surface area contributed by atoms with Crippen LogP contribution in [0.2, 0.25) is 0 Å². The second-order valence-corrected chi connectivity index (χ2v) is 8.85. The van der Waals surface area contributed by atoms with Crippen molar-refractivity contribution in [2.24, 2.45) is 0 Å². The number of nitrogens with one attached hydrogen (secondary N) is 1. The lowest BCUT2D eigenvalue weighted by Crippen LogP contribution is -2.56. The van der Waals surface area contributed by atoms with E-state index in [1.807, 2.05) is 12.1 Å². The number of piperazine rings is 1. The number of methoxy groups -OCH3 is 1. The predicted molar refractivity (Wildman–Crippen MR) is 129 cm³/mol. The topological polar surface area (TPSA) is 63.3 Å². The third-order valence-corrected chi connectivity index (χ3v) is 6.59. The number of ether oxygens (including phenoxy) is 2. The molecule has 1 saturated heterocycles. The average molecular weight is 454 g/mol. The van der Waals surface area contributed by atoms with Crippen LogP contribution < -0.4 is 19.9 Å². The Hall–Kier alpha value is -2.77. The van der Waals surface area contributed by atoms with Gasteiger partial charge in [-0.3, -0.25) is 14.5 Å². The summed E-state index contributed by atoms with van der Waals surface area (Å²) < 4.78 is 11.9. The summed E-state index contributed by atoms with van der Waals surface area (Å²) in [6.45, 7) is 2.77. The summed E-state index contributed by atoms with van der Waals surface area (Å²) >= 11 is 0. The average Bonchev–Trinajstić information content (AvgIpc) is 3.34. The van der Waals surface area contributed by atoms with Crippen molar-refractivity contribution in [1.29, 1.82) is 0 Å². The molecule has 0 aromatic heterocycles. The van der Waals surface area contributed by atoms with E-state index in [4.69, 9.17) is 14.3 Å². The molecule has 178 valence electrons. The lowest BCUT2D eigenvalue weighted by Gasteiger charge is -2.42. The molecule has 1 amide bonds. The number of carbonyl (C=O) groups excluding carboxylic acids is 1. The monoisotopic (exact) mass is 453 g/mol. The normalized spacial score (nSPS) is 19.5. The van der Waals surface area contributed by atoms with Crippen LogP contribution in [0.4, 0.5) is 5.69 Å². The first-order valence-corrected chi connectivity index (χ1v) is 11.9. The van der Waals surface area contributed by atoms with E-state index >= 15 is 0 Å². The van der Waals surface area contributed by atoms with Crippen LogP contribution in [0.5, 0.6) is 11.5 Å². The molecule has 2 fully saturated rings. The molecule has 2 aromatic rings. The zero-order chi connectivity index (χ0) is 23.0. The first-order valence-electron chi connectivity index (χ1n) is 11.9. The summed E-state index contributed by atoms with van der Waals surface area (Å²) in [6.07, 6.45) is 5.82. The van der Waals surface area contributed by atoms with Gasteiger partial charge in [-0.1, -0.05) is 30.3 Å². The lowest BCUT2D eigenvalue weighted by atomic mass is 10.0. The van der Waals surface area contributed by atoms with E-state index in [9.17, 15) is 4.79 Å². The second-order valence-electron chi connectivity index (χ2n) is 8.85.